The summed E-state index contributed by atoms with van der Waals surface area (Å²) in [7, 11) is 0. The number of hydrogen-bond acceptors (Lipinski definition) is 7. The van der Waals surface area contributed by atoms with E-state index in [1.807, 2.05) is 43.3 Å². The second kappa shape index (κ2) is 9.25. The summed E-state index contributed by atoms with van der Waals surface area (Å²) < 4.78 is 1.74. The highest BCUT2D eigenvalue weighted by molar-refractivity contribution is 7.98. The number of nitrogens with one attached hydrogen (secondary N) is 2. The van der Waals surface area contributed by atoms with Crippen LogP contribution >= 0.6 is 11.8 Å². The van der Waals surface area contributed by atoms with Crippen molar-refractivity contribution in [1.82, 2.24) is 24.7 Å². The molecule has 33 heavy (non-hydrogen) atoms. The third kappa shape index (κ3) is 4.49. The molecule has 1 atom stereocenters. The van der Waals surface area contributed by atoms with Crippen LogP contribution in [0.15, 0.2) is 95.7 Å². The molecule has 0 radical (unpaired) electrons. The molecule has 5 rings (SSSR count). The molecule has 2 N–H and O–H groups in total. The van der Waals surface area contributed by atoms with E-state index in [1.54, 1.807) is 47.2 Å². The number of carbonyl (C=O) groups is 1. The molecule has 8 nitrogen and oxygen atoms in total. The Labute approximate surface area is 195 Å². The van der Waals surface area contributed by atoms with E-state index in [0.717, 1.165) is 5.75 Å². The summed E-state index contributed by atoms with van der Waals surface area (Å²) in [5, 5.41) is 11.5. The van der Waals surface area contributed by atoms with Crippen LogP contribution in [0.2, 0.25) is 0 Å². The van der Waals surface area contributed by atoms with Gasteiger partial charge in [0, 0.05) is 23.8 Å². The number of benzene rings is 1. The van der Waals surface area contributed by atoms with Crippen molar-refractivity contribution >= 4 is 29.3 Å². The molecule has 1 amide bonds. The summed E-state index contributed by atoms with van der Waals surface area (Å²) in [6.45, 7) is 1.86. The number of amides is 1. The van der Waals surface area contributed by atoms with Crippen molar-refractivity contribution in [3.63, 3.8) is 0 Å². The molecule has 3 aromatic heterocycles. The Hall–Kier alpha value is -3.98. The third-order valence-corrected chi connectivity index (χ3v) is 6.08. The number of carbonyl (C=O) groups excluding carboxylic acids is 1. The molecule has 1 aliphatic heterocycles. The second-order valence-corrected chi connectivity index (χ2v) is 8.40. The Kier molecular flexibility index (Phi) is 5.86. The van der Waals surface area contributed by atoms with Gasteiger partial charge in [-0.1, -0.05) is 48.2 Å². The number of thioether (sulfide) groups is 1. The van der Waals surface area contributed by atoms with Gasteiger partial charge >= 0.3 is 0 Å². The Morgan fingerprint density at radius 1 is 1.09 bits per heavy atom. The molecule has 0 aliphatic carbocycles. The van der Waals surface area contributed by atoms with Crippen molar-refractivity contribution in [2.24, 2.45) is 0 Å². The van der Waals surface area contributed by atoms with Gasteiger partial charge in [0.1, 0.15) is 6.04 Å². The van der Waals surface area contributed by atoms with Crippen LogP contribution in [0, 0.1) is 0 Å². The molecule has 0 saturated heterocycles. The Balaban J connectivity index is 1.48. The zero-order chi connectivity index (χ0) is 22.6. The normalized spacial score (nSPS) is 15.0. The molecule has 0 spiro atoms. The molecule has 4 aromatic rings. The standard InChI is InChI=1S/C24H21N7OS/c1-16-20(22(32)28-18-10-7-12-25-14-18)21(19-11-5-6-13-26-19)31-23(27-16)29-24(30-31)33-15-17-8-3-2-4-9-17/h2-14,21H,15H2,1H3,(H,28,32)(H,27,29,30). The summed E-state index contributed by atoms with van der Waals surface area (Å²) in [6, 6.07) is 18.9. The van der Waals surface area contributed by atoms with Gasteiger partial charge in [0.2, 0.25) is 11.1 Å². The Morgan fingerprint density at radius 3 is 2.70 bits per heavy atom. The van der Waals surface area contributed by atoms with Crippen LogP contribution in [0.25, 0.3) is 0 Å². The number of rotatable bonds is 6. The molecule has 0 bridgehead atoms. The average Bonchev–Trinajstić information content (AvgIpc) is 3.26. The predicted molar refractivity (Wildman–Crippen MR) is 128 cm³/mol. The summed E-state index contributed by atoms with van der Waals surface area (Å²) >= 11 is 1.55. The minimum Gasteiger partial charge on any atom is -0.328 e. The molecular weight excluding hydrogens is 434 g/mol. The largest absolute Gasteiger partial charge is 0.328 e. The molecule has 0 saturated carbocycles. The van der Waals surface area contributed by atoms with Gasteiger partial charge in [0.15, 0.2) is 0 Å². The van der Waals surface area contributed by atoms with E-state index in [9.17, 15) is 4.79 Å². The highest BCUT2D eigenvalue weighted by atomic mass is 32.2. The predicted octanol–water partition coefficient (Wildman–Crippen LogP) is 4.29. The maximum Gasteiger partial charge on any atom is 0.255 e. The van der Waals surface area contributed by atoms with Gasteiger partial charge in [0.05, 0.1) is 23.2 Å². The first-order valence-corrected chi connectivity index (χ1v) is 11.4. The SMILES string of the molecule is CC1=C(C(=O)Nc2cccnc2)C(c2ccccn2)n2nc(SCc3ccccc3)nc2N1. The molecule has 1 unspecified atom stereocenters. The Bertz CT molecular complexity index is 1290. The molecule has 4 heterocycles. The van der Waals surface area contributed by atoms with Crippen LogP contribution in [0.5, 0.6) is 0 Å². The van der Waals surface area contributed by atoms with E-state index in [1.165, 1.54) is 5.56 Å². The lowest BCUT2D eigenvalue weighted by atomic mass is 9.98. The van der Waals surface area contributed by atoms with E-state index in [0.29, 0.717) is 33.8 Å². The second-order valence-electron chi connectivity index (χ2n) is 7.45. The lowest BCUT2D eigenvalue weighted by molar-refractivity contribution is -0.113. The fraction of sp³-hybridized carbons (Fsp3) is 0.125. The highest BCUT2D eigenvalue weighted by Crippen LogP contribution is 2.36. The smallest absolute Gasteiger partial charge is 0.255 e. The van der Waals surface area contributed by atoms with Crippen LogP contribution < -0.4 is 10.6 Å². The van der Waals surface area contributed by atoms with E-state index >= 15 is 0 Å². The number of anilines is 2. The zero-order valence-electron chi connectivity index (χ0n) is 17.8. The molecular formula is C24H21N7OS. The number of allylic oxidation sites excluding steroid dienone is 1. The number of hydrogen-bond donors (Lipinski definition) is 2. The number of fused-ring (bicyclic) bond motifs is 1. The van der Waals surface area contributed by atoms with E-state index < -0.39 is 6.04 Å². The zero-order valence-corrected chi connectivity index (χ0v) is 18.7. The van der Waals surface area contributed by atoms with E-state index in [-0.39, 0.29) is 5.91 Å². The monoisotopic (exact) mass is 455 g/mol. The first-order chi connectivity index (χ1) is 16.2. The van der Waals surface area contributed by atoms with Crippen LogP contribution in [-0.2, 0) is 10.5 Å². The van der Waals surface area contributed by atoms with Crippen LogP contribution in [0.4, 0.5) is 11.6 Å². The number of aromatic nitrogens is 5. The van der Waals surface area contributed by atoms with Gasteiger partial charge in [-0.15, -0.1) is 5.10 Å². The minimum absolute atomic E-state index is 0.247. The van der Waals surface area contributed by atoms with Crippen LogP contribution in [0.3, 0.4) is 0 Å². The first-order valence-electron chi connectivity index (χ1n) is 10.4. The molecule has 1 aliphatic rings. The van der Waals surface area contributed by atoms with Gasteiger partial charge in [-0.25, -0.2) is 4.68 Å². The van der Waals surface area contributed by atoms with Crippen molar-refractivity contribution in [3.05, 3.63) is 102 Å². The van der Waals surface area contributed by atoms with Crippen molar-refractivity contribution in [1.29, 1.82) is 0 Å². The molecule has 9 heteroatoms. The summed E-state index contributed by atoms with van der Waals surface area (Å²) in [5.41, 5.74) is 3.74. The quantitative estimate of drug-likeness (QED) is 0.419. The van der Waals surface area contributed by atoms with Gasteiger partial charge in [-0.3, -0.25) is 14.8 Å². The van der Waals surface area contributed by atoms with Crippen molar-refractivity contribution in [2.75, 3.05) is 10.6 Å². The lowest BCUT2D eigenvalue weighted by Gasteiger charge is -2.27. The molecule has 1 aromatic carbocycles. The van der Waals surface area contributed by atoms with Crippen molar-refractivity contribution in [2.45, 2.75) is 23.9 Å². The fourth-order valence-electron chi connectivity index (χ4n) is 3.66. The van der Waals surface area contributed by atoms with E-state index in [4.69, 9.17) is 5.10 Å². The van der Waals surface area contributed by atoms with Gasteiger partial charge in [-0.2, -0.15) is 4.98 Å². The first kappa shape index (κ1) is 20.9. The number of nitrogens with zero attached hydrogens (tertiary/aromatic N) is 5. The van der Waals surface area contributed by atoms with Gasteiger partial charge in [-0.05, 0) is 36.8 Å². The third-order valence-electron chi connectivity index (χ3n) is 5.18. The average molecular weight is 456 g/mol. The molecule has 0 fully saturated rings. The van der Waals surface area contributed by atoms with Crippen LogP contribution in [0.1, 0.15) is 24.2 Å². The van der Waals surface area contributed by atoms with Crippen molar-refractivity contribution in [3.8, 4) is 0 Å². The summed E-state index contributed by atoms with van der Waals surface area (Å²) in [5.74, 6) is 1.08. The molecule has 164 valence electrons. The van der Waals surface area contributed by atoms with Crippen LogP contribution in [-0.4, -0.2) is 30.6 Å². The fourth-order valence-corrected chi connectivity index (χ4v) is 4.44. The van der Waals surface area contributed by atoms with Crippen molar-refractivity contribution < 1.29 is 4.79 Å². The minimum atomic E-state index is -0.516. The number of pyridine rings is 2. The maximum absolute atomic E-state index is 13.4. The Morgan fingerprint density at radius 2 is 1.94 bits per heavy atom. The highest BCUT2D eigenvalue weighted by Gasteiger charge is 2.35. The lowest BCUT2D eigenvalue weighted by Crippen LogP contribution is -2.32. The summed E-state index contributed by atoms with van der Waals surface area (Å²) in [4.78, 5) is 26.6. The topological polar surface area (TPSA) is 97.6 Å². The van der Waals surface area contributed by atoms with Gasteiger partial charge < -0.3 is 10.6 Å². The maximum atomic E-state index is 13.4. The van der Waals surface area contributed by atoms with Gasteiger partial charge in [0.25, 0.3) is 5.91 Å². The summed E-state index contributed by atoms with van der Waals surface area (Å²) in [6.07, 6.45) is 4.99. The van der Waals surface area contributed by atoms with E-state index in [2.05, 4.69) is 37.7 Å².